The van der Waals surface area contributed by atoms with Crippen LogP contribution < -0.4 is 5.56 Å². The lowest BCUT2D eigenvalue weighted by Gasteiger charge is -2.12. The second-order valence-corrected chi connectivity index (χ2v) is 7.63. The first kappa shape index (κ1) is 22.4. The molecule has 0 unspecified atom stereocenters. The molecule has 6 nitrogen and oxygen atoms in total. The van der Waals surface area contributed by atoms with E-state index in [9.17, 15) is 19.2 Å². The van der Waals surface area contributed by atoms with Crippen molar-refractivity contribution in [1.29, 1.82) is 5.26 Å². The van der Waals surface area contributed by atoms with E-state index in [1.54, 1.807) is 23.6 Å². The van der Waals surface area contributed by atoms with Gasteiger partial charge < -0.3 is 4.57 Å². The maximum absolute atomic E-state index is 13.5. The zero-order valence-electron chi connectivity index (χ0n) is 17.8. The Morgan fingerprint density at radius 2 is 1.94 bits per heavy atom. The van der Waals surface area contributed by atoms with Gasteiger partial charge in [0.2, 0.25) is 0 Å². The minimum atomic E-state index is -0.566. The molecular weight excluding hydrogens is 419 g/mol. The van der Waals surface area contributed by atoms with Crippen LogP contribution in [-0.4, -0.2) is 20.1 Å². The maximum atomic E-state index is 13.5. The smallest absolute Gasteiger partial charge is 0.285 e. The molecule has 0 saturated carbocycles. The average Bonchev–Trinajstić information content (AvgIpc) is 3.05. The number of aromatic nitrogens is 3. The van der Waals surface area contributed by atoms with E-state index in [2.05, 4.69) is 5.10 Å². The molecule has 1 aromatic carbocycles. The normalized spacial score (nSPS) is 10.9. The van der Waals surface area contributed by atoms with Crippen molar-refractivity contribution in [3.8, 4) is 11.8 Å². The van der Waals surface area contributed by atoms with Crippen LogP contribution in [0, 0.1) is 31.0 Å². The minimum absolute atomic E-state index is 0.0132. The van der Waals surface area contributed by atoms with E-state index in [1.807, 2.05) is 26.8 Å². The van der Waals surface area contributed by atoms with Gasteiger partial charge in [0.1, 0.15) is 24.0 Å². The van der Waals surface area contributed by atoms with Crippen LogP contribution in [0.15, 0.2) is 29.1 Å². The number of nitriles is 1. The van der Waals surface area contributed by atoms with E-state index in [1.165, 1.54) is 12.1 Å². The first-order chi connectivity index (χ1) is 14.7. The van der Waals surface area contributed by atoms with Crippen LogP contribution in [0.1, 0.15) is 52.4 Å². The van der Waals surface area contributed by atoms with Gasteiger partial charge in [-0.15, -0.1) is 0 Å². The molecule has 0 N–H and O–H groups in total. The van der Waals surface area contributed by atoms with E-state index < -0.39 is 11.4 Å². The molecule has 0 aliphatic heterocycles. The van der Waals surface area contributed by atoms with E-state index in [0.29, 0.717) is 41.0 Å². The third kappa shape index (κ3) is 4.04. The van der Waals surface area contributed by atoms with Crippen molar-refractivity contribution < 1.29 is 9.18 Å². The Bertz CT molecular complexity index is 1280. The summed E-state index contributed by atoms with van der Waals surface area (Å²) in [6.07, 6.45) is 1.07. The van der Waals surface area contributed by atoms with Crippen molar-refractivity contribution in [3.63, 3.8) is 0 Å². The van der Waals surface area contributed by atoms with Crippen molar-refractivity contribution in [3.05, 3.63) is 79.2 Å². The summed E-state index contributed by atoms with van der Waals surface area (Å²) in [5.41, 5.74) is 3.18. The van der Waals surface area contributed by atoms with Gasteiger partial charge in [-0.3, -0.25) is 9.59 Å². The Hall–Kier alpha value is -3.24. The van der Waals surface area contributed by atoms with Crippen molar-refractivity contribution in [1.82, 2.24) is 14.3 Å². The lowest BCUT2D eigenvalue weighted by atomic mass is 10.0. The summed E-state index contributed by atoms with van der Waals surface area (Å²) in [5, 5.41) is 13.8. The van der Waals surface area contributed by atoms with Crippen LogP contribution >= 0.6 is 11.6 Å². The van der Waals surface area contributed by atoms with Crippen molar-refractivity contribution in [2.24, 2.45) is 0 Å². The van der Waals surface area contributed by atoms with Gasteiger partial charge in [-0.25, -0.2) is 9.07 Å². The molecule has 3 rings (SSSR count). The van der Waals surface area contributed by atoms with Crippen LogP contribution in [0.2, 0.25) is 5.02 Å². The second-order valence-electron chi connectivity index (χ2n) is 7.22. The second kappa shape index (κ2) is 8.86. The van der Waals surface area contributed by atoms with Crippen LogP contribution in [0.25, 0.3) is 5.69 Å². The molecule has 0 fully saturated rings. The van der Waals surface area contributed by atoms with Crippen molar-refractivity contribution >= 4 is 17.4 Å². The number of Topliss-reactive ketones (excluding diaryl/α,β-unsaturated/α-hetero) is 1. The fraction of sp³-hybridized carbons (Fsp3) is 0.304. The van der Waals surface area contributed by atoms with Crippen LogP contribution in [0.3, 0.4) is 0 Å². The summed E-state index contributed by atoms with van der Waals surface area (Å²) in [6.45, 7) is 7.07. The monoisotopic (exact) mass is 440 g/mol. The van der Waals surface area contributed by atoms with Gasteiger partial charge in [-0.05, 0) is 56.5 Å². The van der Waals surface area contributed by atoms with Gasteiger partial charge in [0.15, 0.2) is 5.78 Å². The van der Waals surface area contributed by atoms with Crippen LogP contribution in [0.4, 0.5) is 4.39 Å². The zero-order chi connectivity index (χ0) is 22.9. The molecule has 2 aromatic heterocycles. The highest BCUT2D eigenvalue weighted by Gasteiger charge is 2.21. The summed E-state index contributed by atoms with van der Waals surface area (Å²) < 4.78 is 16.4. The number of hydrogen-bond donors (Lipinski definition) is 0. The summed E-state index contributed by atoms with van der Waals surface area (Å²) in [4.78, 5) is 25.8. The molecule has 8 heteroatoms. The number of aryl methyl sites for hydroxylation is 2. The number of hydrogen-bond acceptors (Lipinski definition) is 4. The molecule has 0 aliphatic carbocycles. The molecule has 0 atom stereocenters. The fourth-order valence-corrected chi connectivity index (χ4v) is 4.00. The molecule has 0 aliphatic rings. The summed E-state index contributed by atoms with van der Waals surface area (Å²) in [5.74, 6) is -0.831. The molecule has 0 radical (unpaired) electrons. The predicted molar refractivity (Wildman–Crippen MR) is 117 cm³/mol. The Labute approximate surface area is 184 Å². The van der Waals surface area contributed by atoms with Gasteiger partial charge in [-0.2, -0.15) is 10.4 Å². The third-order valence-corrected chi connectivity index (χ3v) is 5.62. The average molecular weight is 441 g/mol. The standard InChI is InChI=1S/C23H22ClFN4O2/c1-5-16-18(11-26)23(31)28(27-21(16)6-2)12-22(30)17-9-13(3)29(14(17)4)15-7-8-20(25)19(24)10-15/h7-10H,5-6,12H2,1-4H3. The lowest BCUT2D eigenvalue weighted by molar-refractivity contribution is 0.0964. The van der Waals surface area contributed by atoms with Crippen LogP contribution in [-0.2, 0) is 19.4 Å². The molecule has 0 bridgehead atoms. The molecule has 2 heterocycles. The Kier molecular flexibility index (Phi) is 6.42. The molecule has 160 valence electrons. The predicted octanol–water partition coefficient (Wildman–Crippen LogP) is 4.32. The molecule has 0 saturated heterocycles. The first-order valence-corrected chi connectivity index (χ1v) is 10.3. The van der Waals surface area contributed by atoms with E-state index in [-0.39, 0.29) is 22.9 Å². The molecule has 3 aromatic rings. The summed E-state index contributed by atoms with van der Waals surface area (Å²) in [6, 6.07) is 8.03. The molecule has 31 heavy (non-hydrogen) atoms. The fourth-order valence-electron chi connectivity index (χ4n) is 3.83. The number of carbonyl (C=O) groups is 1. The molecular formula is C23H22ClFN4O2. The Morgan fingerprint density at radius 1 is 1.23 bits per heavy atom. The topological polar surface area (TPSA) is 80.7 Å². The van der Waals surface area contributed by atoms with Gasteiger partial charge in [-0.1, -0.05) is 25.4 Å². The Morgan fingerprint density at radius 3 is 2.52 bits per heavy atom. The Balaban J connectivity index is 2.03. The van der Waals surface area contributed by atoms with Crippen molar-refractivity contribution in [2.75, 3.05) is 0 Å². The number of halogens is 2. The number of carbonyl (C=O) groups excluding carboxylic acids is 1. The number of benzene rings is 1. The minimum Gasteiger partial charge on any atom is -0.318 e. The van der Waals surface area contributed by atoms with Gasteiger partial charge in [0, 0.05) is 22.6 Å². The van der Waals surface area contributed by atoms with Crippen LogP contribution in [0.5, 0.6) is 0 Å². The largest absolute Gasteiger partial charge is 0.318 e. The number of rotatable bonds is 6. The highest BCUT2D eigenvalue weighted by atomic mass is 35.5. The number of nitrogens with zero attached hydrogens (tertiary/aromatic N) is 4. The zero-order valence-corrected chi connectivity index (χ0v) is 18.5. The SMILES string of the molecule is CCc1nn(CC(=O)c2cc(C)n(-c3ccc(F)c(Cl)c3)c2C)c(=O)c(C#N)c1CC. The quantitative estimate of drug-likeness (QED) is 0.534. The molecule has 0 amide bonds. The van der Waals surface area contributed by atoms with Gasteiger partial charge in [0.05, 0.1) is 10.7 Å². The maximum Gasteiger partial charge on any atom is 0.285 e. The number of ketones is 1. The highest BCUT2D eigenvalue weighted by Crippen LogP contribution is 2.25. The highest BCUT2D eigenvalue weighted by molar-refractivity contribution is 6.30. The first-order valence-electron chi connectivity index (χ1n) is 9.93. The van der Waals surface area contributed by atoms with Gasteiger partial charge >= 0.3 is 0 Å². The third-order valence-electron chi connectivity index (χ3n) is 5.33. The van der Waals surface area contributed by atoms with E-state index in [4.69, 9.17) is 11.6 Å². The van der Waals surface area contributed by atoms with E-state index in [0.717, 1.165) is 10.4 Å². The van der Waals surface area contributed by atoms with E-state index >= 15 is 0 Å². The summed E-state index contributed by atoms with van der Waals surface area (Å²) in [7, 11) is 0. The lowest BCUT2D eigenvalue weighted by Crippen LogP contribution is -2.31. The molecule has 0 spiro atoms. The van der Waals surface area contributed by atoms with Crippen molar-refractivity contribution in [2.45, 2.75) is 47.1 Å². The summed E-state index contributed by atoms with van der Waals surface area (Å²) >= 11 is 5.92. The van der Waals surface area contributed by atoms with Gasteiger partial charge in [0.25, 0.3) is 5.56 Å².